The summed E-state index contributed by atoms with van der Waals surface area (Å²) in [7, 11) is 0. The molecule has 0 aliphatic carbocycles. The van der Waals surface area contributed by atoms with Crippen LogP contribution in [0.15, 0.2) is 18.2 Å². The molecule has 4 heteroatoms. The van der Waals surface area contributed by atoms with Gasteiger partial charge in [-0.3, -0.25) is 0 Å². The fourth-order valence-corrected chi connectivity index (χ4v) is 2.62. The van der Waals surface area contributed by atoms with E-state index in [4.69, 9.17) is 11.0 Å². The molecule has 0 amide bonds. The molecule has 2 rings (SSSR count). The first-order chi connectivity index (χ1) is 9.19. The predicted molar refractivity (Wildman–Crippen MR) is 78.9 cm³/mol. The van der Waals surface area contributed by atoms with Gasteiger partial charge in [-0.2, -0.15) is 5.26 Å². The Kier molecular flexibility index (Phi) is 4.64. The van der Waals surface area contributed by atoms with Crippen LogP contribution in [0, 0.1) is 11.3 Å². The molecule has 0 saturated carbocycles. The quantitative estimate of drug-likeness (QED) is 0.814. The molecule has 0 bridgehead atoms. The highest BCUT2D eigenvalue weighted by molar-refractivity contribution is 5.63. The summed E-state index contributed by atoms with van der Waals surface area (Å²) in [6.45, 7) is 5.57. The number of rotatable bonds is 4. The summed E-state index contributed by atoms with van der Waals surface area (Å²) in [5, 5.41) is 12.5. The van der Waals surface area contributed by atoms with Crippen LogP contribution in [0.25, 0.3) is 0 Å². The number of anilines is 2. The second kappa shape index (κ2) is 6.44. The highest BCUT2D eigenvalue weighted by atomic mass is 15.1. The molecule has 4 nitrogen and oxygen atoms in total. The van der Waals surface area contributed by atoms with Gasteiger partial charge < -0.3 is 16.0 Å². The van der Waals surface area contributed by atoms with Crippen molar-refractivity contribution in [3.63, 3.8) is 0 Å². The van der Waals surface area contributed by atoms with Gasteiger partial charge in [-0.25, -0.2) is 0 Å². The Balaban J connectivity index is 1.94. The van der Waals surface area contributed by atoms with Gasteiger partial charge in [0.05, 0.1) is 11.3 Å². The van der Waals surface area contributed by atoms with Crippen molar-refractivity contribution < 1.29 is 0 Å². The summed E-state index contributed by atoms with van der Waals surface area (Å²) >= 11 is 0. The highest BCUT2D eigenvalue weighted by Gasteiger charge is 2.14. The largest absolute Gasteiger partial charge is 0.399 e. The average molecular weight is 258 g/mol. The van der Waals surface area contributed by atoms with Gasteiger partial charge in [-0.15, -0.1) is 0 Å². The van der Waals surface area contributed by atoms with Crippen LogP contribution in [0.1, 0.15) is 31.7 Å². The van der Waals surface area contributed by atoms with Crippen LogP contribution in [0.3, 0.4) is 0 Å². The molecule has 1 atom stereocenters. The number of piperidine rings is 1. The molecule has 1 aromatic rings. The SMILES string of the molecule is CC(CN1CCCCC1)Nc1ccc(N)cc1C#N. The summed E-state index contributed by atoms with van der Waals surface area (Å²) in [4.78, 5) is 2.49. The number of benzene rings is 1. The van der Waals surface area contributed by atoms with E-state index in [2.05, 4.69) is 23.2 Å². The lowest BCUT2D eigenvalue weighted by Crippen LogP contribution is -2.38. The minimum absolute atomic E-state index is 0.328. The van der Waals surface area contributed by atoms with Crippen molar-refractivity contribution in [2.45, 2.75) is 32.2 Å². The van der Waals surface area contributed by atoms with Gasteiger partial charge >= 0.3 is 0 Å². The van der Waals surface area contributed by atoms with Gasteiger partial charge in [-0.05, 0) is 51.1 Å². The molecule has 3 N–H and O–H groups in total. The van der Waals surface area contributed by atoms with E-state index in [1.54, 1.807) is 6.07 Å². The molecule has 1 saturated heterocycles. The summed E-state index contributed by atoms with van der Waals surface area (Å²) < 4.78 is 0. The van der Waals surface area contributed by atoms with Gasteiger partial charge in [0.2, 0.25) is 0 Å². The van der Waals surface area contributed by atoms with Crippen LogP contribution in [0.2, 0.25) is 0 Å². The van der Waals surface area contributed by atoms with Gasteiger partial charge in [0.1, 0.15) is 6.07 Å². The maximum atomic E-state index is 9.12. The van der Waals surface area contributed by atoms with E-state index >= 15 is 0 Å². The van der Waals surface area contributed by atoms with Crippen molar-refractivity contribution in [2.24, 2.45) is 0 Å². The number of nitrogens with one attached hydrogen (secondary N) is 1. The predicted octanol–water partition coefficient (Wildman–Crippen LogP) is 2.43. The van der Waals surface area contributed by atoms with Crippen LogP contribution in [0.4, 0.5) is 11.4 Å². The van der Waals surface area contributed by atoms with E-state index in [1.807, 2.05) is 12.1 Å². The minimum Gasteiger partial charge on any atom is -0.399 e. The number of nitrogen functional groups attached to an aromatic ring is 1. The third-order valence-corrected chi connectivity index (χ3v) is 3.55. The second-order valence-electron chi connectivity index (χ2n) is 5.32. The number of nitrogens with two attached hydrogens (primary N) is 1. The molecule has 19 heavy (non-hydrogen) atoms. The number of hydrogen-bond donors (Lipinski definition) is 2. The van der Waals surface area contributed by atoms with Crippen molar-refractivity contribution in [1.29, 1.82) is 5.26 Å². The Labute approximate surface area is 115 Å². The number of likely N-dealkylation sites (tertiary alicyclic amines) is 1. The summed E-state index contributed by atoms with van der Waals surface area (Å²) in [6, 6.07) is 7.95. The van der Waals surface area contributed by atoms with E-state index in [0.717, 1.165) is 12.2 Å². The molecule has 0 radical (unpaired) electrons. The Hall–Kier alpha value is -1.73. The fourth-order valence-electron chi connectivity index (χ4n) is 2.62. The maximum absolute atomic E-state index is 9.12. The first-order valence-corrected chi connectivity index (χ1v) is 6.97. The lowest BCUT2D eigenvalue weighted by molar-refractivity contribution is 0.223. The van der Waals surface area contributed by atoms with Gasteiger partial charge in [0.15, 0.2) is 0 Å². The molecule has 0 aromatic heterocycles. The molecule has 102 valence electrons. The Bertz CT molecular complexity index is 458. The molecule has 1 aromatic carbocycles. The van der Waals surface area contributed by atoms with E-state index in [1.165, 1.54) is 32.4 Å². The zero-order chi connectivity index (χ0) is 13.7. The first-order valence-electron chi connectivity index (χ1n) is 6.97. The van der Waals surface area contributed by atoms with Crippen LogP contribution in [-0.2, 0) is 0 Å². The topological polar surface area (TPSA) is 65.1 Å². The molecule has 1 aliphatic rings. The van der Waals surface area contributed by atoms with Gasteiger partial charge in [0.25, 0.3) is 0 Å². The molecular weight excluding hydrogens is 236 g/mol. The van der Waals surface area contributed by atoms with Crippen LogP contribution < -0.4 is 11.1 Å². The molecule has 1 aliphatic heterocycles. The molecular formula is C15H22N4. The van der Waals surface area contributed by atoms with Crippen molar-refractivity contribution in [2.75, 3.05) is 30.7 Å². The van der Waals surface area contributed by atoms with E-state index in [0.29, 0.717) is 17.3 Å². The Morgan fingerprint density at radius 3 is 2.79 bits per heavy atom. The van der Waals surface area contributed by atoms with Crippen LogP contribution >= 0.6 is 0 Å². The lowest BCUT2D eigenvalue weighted by Gasteiger charge is -2.29. The summed E-state index contributed by atoms with van der Waals surface area (Å²) in [5.41, 5.74) is 7.82. The maximum Gasteiger partial charge on any atom is 0.101 e. The number of nitriles is 1. The van der Waals surface area contributed by atoms with E-state index in [-0.39, 0.29) is 0 Å². The van der Waals surface area contributed by atoms with Gasteiger partial charge in [0, 0.05) is 18.3 Å². The lowest BCUT2D eigenvalue weighted by atomic mass is 10.1. The van der Waals surface area contributed by atoms with E-state index < -0.39 is 0 Å². The smallest absolute Gasteiger partial charge is 0.101 e. The summed E-state index contributed by atoms with van der Waals surface area (Å²) in [5.74, 6) is 0. The zero-order valence-electron chi connectivity index (χ0n) is 11.5. The third-order valence-electron chi connectivity index (χ3n) is 3.55. The third kappa shape index (κ3) is 3.87. The highest BCUT2D eigenvalue weighted by Crippen LogP contribution is 2.19. The zero-order valence-corrected chi connectivity index (χ0v) is 11.5. The Morgan fingerprint density at radius 1 is 1.37 bits per heavy atom. The standard InChI is InChI=1S/C15H22N4/c1-12(11-19-7-3-2-4-8-19)18-15-6-5-14(17)9-13(15)10-16/h5-6,9,12,18H,2-4,7-8,11,17H2,1H3. The first kappa shape index (κ1) is 13.7. The number of hydrogen-bond acceptors (Lipinski definition) is 4. The summed E-state index contributed by atoms with van der Waals surface area (Å²) in [6.07, 6.45) is 3.96. The average Bonchev–Trinajstić information content (AvgIpc) is 2.42. The van der Waals surface area contributed by atoms with Crippen molar-refractivity contribution in [3.05, 3.63) is 23.8 Å². The fraction of sp³-hybridized carbons (Fsp3) is 0.533. The van der Waals surface area contributed by atoms with E-state index in [9.17, 15) is 0 Å². The van der Waals surface area contributed by atoms with Gasteiger partial charge in [-0.1, -0.05) is 6.42 Å². The molecule has 0 spiro atoms. The van der Waals surface area contributed by atoms with Crippen LogP contribution in [0.5, 0.6) is 0 Å². The van der Waals surface area contributed by atoms with Crippen LogP contribution in [-0.4, -0.2) is 30.6 Å². The van der Waals surface area contributed by atoms with Crippen molar-refractivity contribution in [3.8, 4) is 6.07 Å². The number of nitrogens with zero attached hydrogens (tertiary/aromatic N) is 2. The minimum atomic E-state index is 0.328. The molecule has 1 unspecified atom stereocenters. The second-order valence-corrected chi connectivity index (χ2v) is 5.32. The normalized spacial score (nSPS) is 17.7. The molecule has 1 fully saturated rings. The van der Waals surface area contributed by atoms with Crippen molar-refractivity contribution in [1.82, 2.24) is 4.90 Å². The monoisotopic (exact) mass is 258 g/mol. The van der Waals surface area contributed by atoms with Crippen molar-refractivity contribution >= 4 is 11.4 Å². The molecule has 1 heterocycles. The Morgan fingerprint density at radius 2 is 2.11 bits per heavy atom.